The molecule has 632 valence electrons. The highest BCUT2D eigenvalue weighted by molar-refractivity contribution is 6.03. The summed E-state index contributed by atoms with van der Waals surface area (Å²) in [6, 6.07) is 79.7. The minimum Gasteiger partial charge on any atom is -0.497 e. The number of allylic oxidation sites excluding steroid dienone is 6. The maximum absolute atomic E-state index is 13.0. The molecule has 24 nitrogen and oxygen atoms in total. The number of rotatable bonds is 21. The largest absolute Gasteiger partial charge is 0.497 e. The molecule has 0 aliphatic heterocycles. The highest BCUT2D eigenvalue weighted by Crippen LogP contribution is 2.27. The fourth-order valence-electron chi connectivity index (χ4n) is 12.2. The molecule has 16 rings (SSSR count). The highest BCUT2D eigenvalue weighted by atomic mass is 16.5. The molecule has 0 aliphatic rings. The summed E-state index contributed by atoms with van der Waals surface area (Å²) in [5.41, 5.74) is 11.5. The summed E-state index contributed by atoms with van der Waals surface area (Å²) in [5, 5.41) is 0. The summed E-state index contributed by atoms with van der Waals surface area (Å²) in [7, 11) is 9.74. The third kappa shape index (κ3) is 25.6. The van der Waals surface area contributed by atoms with Crippen molar-refractivity contribution < 1.29 is 57.2 Å². The van der Waals surface area contributed by atoms with E-state index in [2.05, 4.69) is 29.9 Å². The molecule has 0 amide bonds. The molecule has 0 spiro atoms. The number of aryl methyl sites for hydroxylation is 3. The van der Waals surface area contributed by atoms with Gasteiger partial charge in [-0.2, -0.15) is 0 Å². The molecule has 0 atom stereocenters. The van der Waals surface area contributed by atoms with E-state index in [0.29, 0.717) is 17.5 Å². The SMILES string of the molecule is CCc1nc(C)cn1C(=O)/C=C/c1ccc(OC)cc1.COc1ccc(/C=C/C(=O)n2c(-c3ccccc3)nc3ccccc32)cc1.COc1ccc(/C=C/C(=O)n2ccnc2)cc1.COc1ccc(/C=C/C(=O)n2ccnc2-c2ccccc2)cc1.COc1ccc(/C=C/C(=O)n2ccnc2C)cc1.COc1ccc(/C=C/C(=O)n2cnc3ccccc32)cc1. The minimum absolute atomic E-state index is 0.0849. The number of para-hydroxylation sites is 4. The summed E-state index contributed by atoms with van der Waals surface area (Å²) in [6.45, 7) is 5.66. The zero-order valence-electron chi connectivity index (χ0n) is 70.8. The Morgan fingerprint density at radius 2 is 0.675 bits per heavy atom. The van der Waals surface area contributed by atoms with Crippen LogP contribution in [0.3, 0.4) is 0 Å². The van der Waals surface area contributed by atoms with Crippen LogP contribution < -0.4 is 28.4 Å². The molecule has 6 heterocycles. The van der Waals surface area contributed by atoms with Crippen LogP contribution in [0.1, 0.15) is 86.4 Å². The zero-order valence-corrected chi connectivity index (χ0v) is 70.8. The van der Waals surface area contributed by atoms with Gasteiger partial charge in [0, 0.05) is 97.4 Å². The summed E-state index contributed by atoms with van der Waals surface area (Å²) in [6.07, 6.45) is 35.1. The van der Waals surface area contributed by atoms with Crippen LogP contribution in [-0.2, 0) is 6.42 Å². The fraction of sp³-hybridized carbons (Fsp3) is 0.0980. The van der Waals surface area contributed by atoms with Crippen molar-refractivity contribution in [1.82, 2.24) is 57.3 Å². The van der Waals surface area contributed by atoms with Gasteiger partial charge in [0.2, 0.25) is 0 Å². The number of hydrogen-bond donors (Lipinski definition) is 0. The van der Waals surface area contributed by atoms with Crippen molar-refractivity contribution in [3.63, 3.8) is 0 Å². The van der Waals surface area contributed by atoms with Crippen molar-refractivity contribution in [3.05, 3.63) is 398 Å². The first-order chi connectivity index (χ1) is 61.4. The molecule has 10 aromatic carbocycles. The molecule has 126 heavy (non-hydrogen) atoms. The van der Waals surface area contributed by atoms with Crippen molar-refractivity contribution in [3.8, 4) is 57.3 Å². The molecule has 6 aromatic heterocycles. The molecule has 0 N–H and O–H groups in total. The Hall–Kier alpha value is -16.8. The van der Waals surface area contributed by atoms with Gasteiger partial charge in [-0.15, -0.1) is 0 Å². The Morgan fingerprint density at radius 1 is 0.317 bits per heavy atom. The number of hydrogen-bond acceptors (Lipinski definition) is 18. The lowest BCUT2D eigenvalue weighted by molar-refractivity contribution is 0.0958. The normalized spacial score (nSPS) is 10.9. The number of nitrogens with zero attached hydrogens (tertiary/aromatic N) is 12. The van der Waals surface area contributed by atoms with Crippen LogP contribution in [0, 0.1) is 13.8 Å². The van der Waals surface area contributed by atoms with E-state index in [4.69, 9.17) is 28.4 Å². The quantitative estimate of drug-likeness (QED) is 0.0605. The van der Waals surface area contributed by atoms with Crippen LogP contribution in [0.25, 0.3) is 81.3 Å². The van der Waals surface area contributed by atoms with Crippen LogP contribution in [0.4, 0.5) is 0 Å². The highest BCUT2D eigenvalue weighted by Gasteiger charge is 2.18. The van der Waals surface area contributed by atoms with Gasteiger partial charge in [0.25, 0.3) is 35.4 Å². The van der Waals surface area contributed by atoms with Crippen LogP contribution >= 0.6 is 0 Å². The van der Waals surface area contributed by atoms with Crippen LogP contribution in [0.15, 0.2) is 347 Å². The standard InChI is InChI=1S/C23H18N2O2.C19H16N2O2.C17H14N2O2.C16H18N2O2.C14H14N2O2.C13H12N2O2/c1-27-19-14-11-17(12-15-19)13-16-22(26)25-21-10-6-5-9-20(21)24-23(25)18-7-3-2-4-8-18;1-23-17-10-7-15(8-11-17)9-12-18(22)21-14-13-20-19(21)16-5-3-2-4-6-16;1-21-14-9-6-13(7-10-14)8-11-17(20)19-12-18-15-4-2-3-5-16(15)19;1-4-15-17-12(2)11-18(15)16(19)10-7-13-5-8-14(20-3)9-6-13;1-11-15-9-10-16(11)14(17)8-5-12-3-6-13(18-2)7-4-12;1-17-12-5-2-11(3-6-12)4-7-13(16)15-9-8-14-10-15/h2-16H,1H3;2-14H,1H3;2-12H,1H3;5-11H,4H2,1-3H3;3-10H,1-2H3;2-10H,1H3/b16-13+;12-9+;11-8+;10-7+;8-5+;7-4+. The van der Waals surface area contributed by atoms with E-state index in [1.807, 2.05) is 269 Å². The number of aromatic nitrogens is 12. The summed E-state index contributed by atoms with van der Waals surface area (Å²) < 4.78 is 39.8. The first-order valence-electron chi connectivity index (χ1n) is 39.7. The van der Waals surface area contributed by atoms with Gasteiger partial charge in [0.15, 0.2) is 0 Å². The van der Waals surface area contributed by atoms with Crippen LogP contribution in [0.2, 0.25) is 0 Å². The van der Waals surface area contributed by atoms with Gasteiger partial charge in [-0.25, -0.2) is 29.9 Å². The van der Waals surface area contributed by atoms with Crippen molar-refractivity contribution in [2.75, 3.05) is 42.7 Å². The van der Waals surface area contributed by atoms with Gasteiger partial charge in [0.05, 0.1) is 70.4 Å². The maximum Gasteiger partial charge on any atom is 0.256 e. The topological polar surface area (TPSA) is 265 Å². The third-order valence-electron chi connectivity index (χ3n) is 18.9. The molecule has 0 aliphatic carbocycles. The molecular weight excluding hydrogens is 1590 g/mol. The monoisotopic (exact) mass is 1680 g/mol. The summed E-state index contributed by atoms with van der Waals surface area (Å²) in [4.78, 5) is 98.5. The zero-order chi connectivity index (χ0) is 88.9. The number of carbonyl (C=O) groups is 6. The van der Waals surface area contributed by atoms with Crippen LogP contribution in [0.5, 0.6) is 34.5 Å². The smallest absolute Gasteiger partial charge is 0.256 e. The van der Waals surface area contributed by atoms with E-state index < -0.39 is 0 Å². The predicted molar refractivity (Wildman–Crippen MR) is 494 cm³/mol. The molecule has 0 saturated heterocycles. The molecule has 0 bridgehead atoms. The Bertz CT molecular complexity index is 6440. The maximum atomic E-state index is 13.0. The molecule has 24 heteroatoms. The molecule has 0 radical (unpaired) electrons. The molecule has 16 aromatic rings. The van der Waals surface area contributed by atoms with Crippen molar-refractivity contribution in [1.29, 1.82) is 0 Å². The van der Waals surface area contributed by atoms with E-state index in [1.165, 1.54) is 48.9 Å². The number of fused-ring (bicyclic) bond motifs is 2. The van der Waals surface area contributed by atoms with Gasteiger partial charge >= 0.3 is 0 Å². The lowest BCUT2D eigenvalue weighted by Gasteiger charge is -2.05. The minimum atomic E-state index is -0.142. The Labute approximate surface area is 729 Å². The second-order valence-corrected chi connectivity index (χ2v) is 27.2. The predicted octanol–water partition coefficient (Wildman–Crippen LogP) is 20.3. The third-order valence-corrected chi connectivity index (χ3v) is 18.9. The molecule has 0 fully saturated rings. The van der Waals surface area contributed by atoms with Crippen molar-refractivity contribution in [2.24, 2.45) is 0 Å². The number of benzene rings is 10. The van der Waals surface area contributed by atoms with Crippen molar-refractivity contribution >= 4 is 94.0 Å². The number of imidazole rings is 6. The van der Waals surface area contributed by atoms with Gasteiger partial charge in [-0.1, -0.05) is 165 Å². The van der Waals surface area contributed by atoms with Gasteiger partial charge in [0.1, 0.15) is 70.4 Å². The fourth-order valence-corrected chi connectivity index (χ4v) is 12.2. The average molecular weight is 1680 g/mol. The first kappa shape index (κ1) is 90.0. The lowest BCUT2D eigenvalue weighted by atomic mass is 10.2. The molecule has 0 saturated carbocycles. The average Bonchev–Trinajstić information content (AvgIpc) is 1.59. The van der Waals surface area contributed by atoms with Gasteiger partial charge in [-0.05, 0) is 181 Å². The first-order valence-corrected chi connectivity index (χ1v) is 39.7. The Balaban J connectivity index is 0.000000148. The second kappa shape index (κ2) is 46.1. The van der Waals surface area contributed by atoms with E-state index in [-0.39, 0.29) is 35.4 Å². The van der Waals surface area contributed by atoms with Gasteiger partial charge in [-0.3, -0.25) is 56.2 Å². The van der Waals surface area contributed by atoms with E-state index >= 15 is 0 Å². The van der Waals surface area contributed by atoms with E-state index in [0.717, 1.165) is 119 Å². The second-order valence-electron chi connectivity index (χ2n) is 27.2. The van der Waals surface area contributed by atoms with Gasteiger partial charge < -0.3 is 28.4 Å². The Kier molecular flexibility index (Phi) is 33.0. The summed E-state index contributed by atoms with van der Waals surface area (Å²) >= 11 is 0. The van der Waals surface area contributed by atoms with Crippen molar-refractivity contribution in [2.45, 2.75) is 27.2 Å². The summed E-state index contributed by atoms with van der Waals surface area (Å²) in [5.74, 6) is 6.76. The molecular formula is C102H92N12O12. The van der Waals surface area contributed by atoms with E-state index in [1.54, 1.807) is 157 Å². The van der Waals surface area contributed by atoms with Crippen LogP contribution in [-0.4, -0.2) is 135 Å². The van der Waals surface area contributed by atoms with E-state index in [9.17, 15) is 28.8 Å². The molecule has 0 unspecified atom stereocenters. The number of carbonyl (C=O) groups excluding carboxylic acids is 6. The Morgan fingerprint density at radius 3 is 1.08 bits per heavy atom. The lowest BCUT2D eigenvalue weighted by Crippen LogP contribution is -2.09. The number of methoxy groups -OCH3 is 6. The number of ether oxygens (including phenoxy) is 6.